The average Bonchev–Trinajstić information content (AvgIpc) is 3.05. The Morgan fingerprint density at radius 2 is 1.92 bits per heavy atom. The molecule has 3 rings (SSSR count). The van der Waals surface area contributed by atoms with Crippen molar-refractivity contribution in [3.8, 4) is 11.5 Å². The van der Waals surface area contributed by atoms with Gasteiger partial charge in [-0.2, -0.15) is 0 Å². The van der Waals surface area contributed by atoms with Gasteiger partial charge in [0, 0.05) is 9.92 Å². The predicted molar refractivity (Wildman–Crippen MR) is 95.5 cm³/mol. The molecule has 3 aromatic rings. The van der Waals surface area contributed by atoms with Crippen LogP contribution in [0, 0.1) is 5.82 Å². The molecule has 128 valence electrons. The van der Waals surface area contributed by atoms with Crippen LogP contribution in [0.3, 0.4) is 0 Å². The van der Waals surface area contributed by atoms with Gasteiger partial charge in [-0.05, 0) is 42.5 Å². The molecule has 1 aromatic heterocycles. The molecule has 0 spiro atoms. The monoisotopic (exact) mass is 397 g/mol. The molecular formula is C16H10Cl2FN3O2S. The maximum Gasteiger partial charge on any atom is 0.322 e. The minimum atomic E-state index is -0.332. The Morgan fingerprint density at radius 1 is 1.16 bits per heavy atom. The van der Waals surface area contributed by atoms with E-state index in [1.807, 2.05) is 0 Å². The van der Waals surface area contributed by atoms with Gasteiger partial charge in [-0.3, -0.25) is 10.1 Å². The smallest absolute Gasteiger partial charge is 0.322 e. The molecule has 5 nitrogen and oxygen atoms in total. The summed E-state index contributed by atoms with van der Waals surface area (Å²) in [5, 5.41) is 11.0. The number of carbonyl (C=O) groups is 1. The number of rotatable bonds is 5. The molecule has 1 amide bonds. The third-order valence-electron chi connectivity index (χ3n) is 3.01. The highest BCUT2D eigenvalue weighted by molar-refractivity contribution is 8.00. The van der Waals surface area contributed by atoms with E-state index in [0.717, 1.165) is 4.90 Å². The lowest BCUT2D eigenvalue weighted by atomic mass is 10.2. The molecule has 0 aliphatic heterocycles. The molecule has 0 saturated heterocycles. The highest BCUT2D eigenvalue weighted by atomic mass is 35.5. The van der Waals surface area contributed by atoms with Gasteiger partial charge in [0.05, 0.1) is 16.3 Å². The van der Waals surface area contributed by atoms with E-state index in [1.165, 1.54) is 23.9 Å². The Bertz CT molecular complexity index is 903. The third-order valence-corrected chi connectivity index (χ3v) is 4.59. The van der Waals surface area contributed by atoms with Crippen molar-refractivity contribution in [1.82, 2.24) is 10.2 Å². The number of nitrogens with zero attached hydrogens (tertiary/aromatic N) is 2. The number of aromatic nitrogens is 2. The Kier molecular flexibility index (Phi) is 5.57. The van der Waals surface area contributed by atoms with Crippen LogP contribution in [0.25, 0.3) is 11.5 Å². The molecule has 0 saturated carbocycles. The molecule has 1 heterocycles. The van der Waals surface area contributed by atoms with Gasteiger partial charge < -0.3 is 4.42 Å². The van der Waals surface area contributed by atoms with Gasteiger partial charge in [-0.1, -0.05) is 28.3 Å². The summed E-state index contributed by atoms with van der Waals surface area (Å²) in [4.78, 5) is 12.7. The summed E-state index contributed by atoms with van der Waals surface area (Å²) in [6.45, 7) is 0. The van der Waals surface area contributed by atoms with Crippen molar-refractivity contribution < 1.29 is 13.6 Å². The number of anilines is 1. The van der Waals surface area contributed by atoms with Crippen LogP contribution in [-0.4, -0.2) is 21.9 Å². The normalized spacial score (nSPS) is 10.7. The van der Waals surface area contributed by atoms with Gasteiger partial charge in [-0.25, -0.2) is 4.39 Å². The highest BCUT2D eigenvalue weighted by Gasteiger charge is 2.14. The molecule has 1 N–H and O–H groups in total. The van der Waals surface area contributed by atoms with Gasteiger partial charge in [0.25, 0.3) is 5.89 Å². The van der Waals surface area contributed by atoms with E-state index in [0.29, 0.717) is 15.6 Å². The maximum absolute atomic E-state index is 12.8. The van der Waals surface area contributed by atoms with E-state index >= 15 is 0 Å². The largest absolute Gasteiger partial charge is 0.403 e. The van der Waals surface area contributed by atoms with Gasteiger partial charge in [0.1, 0.15) is 5.82 Å². The summed E-state index contributed by atoms with van der Waals surface area (Å²) >= 11 is 13.3. The number of hydrogen-bond donors (Lipinski definition) is 1. The fourth-order valence-electron chi connectivity index (χ4n) is 1.88. The summed E-state index contributed by atoms with van der Waals surface area (Å²) in [5.74, 6) is -0.399. The van der Waals surface area contributed by atoms with E-state index in [1.54, 1.807) is 30.3 Å². The van der Waals surface area contributed by atoms with Gasteiger partial charge in [0.2, 0.25) is 5.91 Å². The Hall–Kier alpha value is -2.09. The van der Waals surface area contributed by atoms with Crippen LogP contribution >= 0.6 is 35.0 Å². The molecule has 0 unspecified atom stereocenters. The van der Waals surface area contributed by atoms with E-state index in [4.69, 9.17) is 27.6 Å². The third kappa shape index (κ3) is 4.72. The van der Waals surface area contributed by atoms with Crippen molar-refractivity contribution in [2.45, 2.75) is 4.90 Å². The highest BCUT2D eigenvalue weighted by Crippen LogP contribution is 2.30. The standard InChI is InChI=1S/C16H10Cl2FN3O2S/c17-9-1-6-13(18)12(7-9)15-21-22-16(24-15)20-14(23)8-25-11-4-2-10(19)3-5-11/h1-7H,8H2,(H,20,22,23). The number of amides is 1. The zero-order valence-electron chi connectivity index (χ0n) is 12.5. The number of hydrogen-bond acceptors (Lipinski definition) is 5. The number of carbonyl (C=O) groups excluding carboxylic acids is 1. The zero-order chi connectivity index (χ0) is 17.8. The van der Waals surface area contributed by atoms with Gasteiger partial charge in [-0.15, -0.1) is 16.9 Å². The molecule has 0 atom stereocenters. The maximum atomic E-state index is 12.8. The van der Waals surface area contributed by atoms with E-state index in [-0.39, 0.29) is 29.4 Å². The van der Waals surface area contributed by atoms with Crippen LogP contribution in [-0.2, 0) is 4.79 Å². The first kappa shape index (κ1) is 17.7. The van der Waals surface area contributed by atoms with Crippen LogP contribution < -0.4 is 5.32 Å². The minimum Gasteiger partial charge on any atom is -0.403 e. The number of nitrogens with one attached hydrogen (secondary N) is 1. The van der Waals surface area contributed by atoms with Crippen molar-refractivity contribution in [2.75, 3.05) is 11.1 Å². The first-order chi connectivity index (χ1) is 12.0. The molecule has 0 radical (unpaired) electrons. The summed E-state index contributed by atoms with van der Waals surface area (Å²) in [5.41, 5.74) is 0.475. The van der Waals surface area contributed by atoms with Crippen LogP contribution in [0.4, 0.5) is 10.4 Å². The zero-order valence-corrected chi connectivity index (χ0v) is 14.8. The average molecular weight is 398 g/mol. The van der Waals surface area contributed by atoms with E-state index in [9.17, 15) is 9.18 Å². The van der Waals surface area contributed by atoms with Crippen LogP contribution in [0.15, 0.2) is 51.8 Å². The SMILES string of the molecule is O=C(CSc1ccc(F)cc1)Nc1nnc(-c2cc(Cl)ccc2Cl)o1. The van der Waals surface area contributed by atoms with E-state index < -0.39 is 0 Å². The van der Waals surface area contributed by atoms with Gasteiger partial charge >= 0.3 is 6.01 Å². The minimum absolute atomic E-state index is 0.0456. The molecule has 0 aliphatic carbocycles. The molecule has 0 aliphatic rings. The van der Waals surface area contributed by atoms with E-state index in [2.05, 4.69) is 15.5 Å². The fraction of sp³-hybridized carbons (Fsp3) is 0.0625. The quantitative estimate of drug-likeness (QED) is 0.619. The lowest BCUT2D eigenvalue weighted by Crippen LogP contribution is -2.14. The Labute approximate surface area is 156 Å². The predicted octanol–water partition coefficient (Wildman–Crippen LogP) is 4.91. The van der Waals surface area contributed by atoms with Crippen LogP contribution in [0.5, 0.6) is 0 Å². The van der Waals surface area contributed by atoms with Crippen LogP contribution in [0.1, 0.15) is 0 Å². The second kappa shape index (κ2) is 7.86. The summed E-state index contributed by atoms with van der Waals surface area (Å²) < 4.78 is 18.2. The number of halogens is 3. The molecule has 2 aromatic carbocycles. The van der Waals surface area contributed by atoms with Crippen molar-refractivity contribution >= 4 is 46.9 Å². The lowest BCUT2D eigenvalue weighted by molar-refractivity contribution is -0.113. The summed E-state index contributed by atoms with van der Waals surface area (Å²) in [6, 6.07) is 10.7. The van der Waals surface area contributed by atoms with Gasteiger partial charge in [0.15, 0.2) is 0 Å². The molecule has 9 heteroatoms. The molecule has 25 heavy (non-hydrogen) atoms. The lowest BCUT2D eigenvalue weighted by Gasteiger charge is -2.01. The fourth-order valence-corrected chi connectivity index (χ4v) is 2.95. The first-order valence-corrected chi connectivity index (χ1v) is 8.72. The van der Waals surface area contributed by atoms with Crippen molar-refractivity contribution in [3.63, 3.8) is 0 Å². The first-order valence-electron chi connectivity index (χ1n) is 6.98. The number of thioether (sulfide) groups is 1. The van der Waals surface area contributed by atoms with Crippen molar-refractivity contribution in [1.29, 1.82) is 0 Å². The second-order valence-corrected chi connectivity index (χ2v) is 6.72. The molecule has 0 fully saturated rings. The second-order valence-electron chi connectivity index (χ2n) is 4.83. The Balaban J connectivity index is 1.62. The summed E-state index contributed by atoms with van der Waals surface area (Å²) in [6.07, 6.45) is 0. The molecular weight excluding hydrogens is 388 g/mol. The Morgan fingerprint density at radius 3 is 2.68 bits per heavy atom. The number of benzene rings is 2. The van der Waals surface area contributed by atoms with Crippen LogP contribution in [0.2, 0.25) is 10.0 Å². The van der Waals surface area contributed by atoms with Crippen molar-refractivity contribution in [3.05, 3.63) is 58.3 Å². The summed E-state index contributed by atoms with van der Waals surface area (Å²) in [7, 11) is 0. The molecule has 0 bridgehead atoms. The topological polar surface area (TPSA) is 68.0 Å². The van der Waals surface area contributed by atoms with Crippen molar-refractivity contribution in [2.24, 2.45) is 0 Å².